The minimum atomic E-state index is 0.449. The molecular weight excluding hydrogens is 262 g/mol. The van der Waals surface area contributed by atoms with Crippen LogP contribution in [0.25, 0.3) is 0 Å². The van der Waals surface area contributed by atoms with Gasteiger partial charge in [0, 0.05) is 11.8 Å². The van der Waals surface area contributed by atoms with Crippen molar-refractivity contribution >= 4 is 17.3 Å². The summed E-state index contributed by atoms with van der Waals surface area (Å²) in [6.07, 6.45) is 0. The second kappa shape index (κ2) is 6.07. The first-order valence-corrected chi connectivity index (χ1v) is 6.04. The van der Waals surface area contributed by atoms with Gasteiger partial charge in [0.1, 0.15) is 6.07 Å². The van der Waals surface area contributed by atoms with Gasteiger partial charge in [0.15, 0.2) is 0 Å². The lowest BCUT2D eigenvalue weighted by molar-refractivity contribution is 0.396. The minimum absolute atomic E-state index is 0.449. The summed E-state index contributed by atoms with van der Waals surface area (Å²) in [5, 5.41) is 12.5. The normalized spacial score (nSPS) is 9.74. The van der Waals surface area contributed by atoms with Crippen LogP contribution in [0.5, 0.6) is 5.88 Å². The van der Waals surface area contributed by atoms with Crippen molar-refractivity contribution in [1.29, 1.82) is 5.26 Å². The Morgan fingerprint density at radius 1 is 1.37 bits per heavy atom. The van der Waals surface area contributed by atoms with E-state index >= 15 is 0 Å². The number of nitrogens with one attached hydrogen (secondary N) is 1. The highest BCUT2D eigenvalue weighted by molar-refractivity contribution is 6.31. The summed E-state index contributed by atoms with van der Waals surface area (Å²) in [5.41, 5.74) is 2.13. The van der Waals surface area contributed by atoms with Crippen molar-refractivity contribution in [2.75, 3.05) is 12.4 Å². The molecule has 19 heavy (non-hydrogen) atoms. The van der Waals surface area contributed by atoms with Gasteiger partial charge >= 0.3 is 0 Å². The highest BCUT2D eigenvalue weighted by Crippen LogP contribution is 2.20. The van der Waals surface area contributed by atoms with Crippen LogP contribution in [0.3, 0.4) is 0 Å². The Hall–Kier alpha value is -2.25. The molecule has 0 atom stereocenters. The molecule has 1 N–H and O–H groups in total. The van der Waals surface area contributed by atoms with E-state index < -0.39 is 0 Å². The van der Waals surface area contributed by atoms with Crippen LogP contribution < -0.4 is 10.1 Å². The molecule has 0 saturated carbocycles. The molecule has 96 valence electrons. The molecule has 0 unspecified atom stereocenters. The number of nitrogens with zero attached hydrogens (tertiary/aromatic N) is 2. The van der Waals surface area contributed by atoms with Gasteiger partial charge in [0.2, 0.25) is 5.88 Å². The van der Waals surface area contributed by atoms with Gasteiger partial charge in [-0.05, 0) is 24.3 Å². The quantitative estimate of drug-likeness (QED) is 0.929. The SMILES string of the molecule is COc1cccc(CNc2ccc(Cl)c(C#N)c2)n1. The van der Waals surface area contributed by atoms with Crippen molar-refractivity contribution in [3.05, 3.63) is 52.7 Å². The molecule has 5 heteroatoms. The summed E-state index contributed by atoms with van der Waals surface area (Å²) in [6, 6.07) is 12.8. The molecule has 0 aliphatic heterocycles. The Morgan fingerprint density at radius 3 is 2.95 bits per heavy atom. The van der Waals surface area contributed by atoms with E-state index in [0.29, 0.717) is 23.0 Å². The number of methoxy groups -OCH3 is 1. The third-order valence-corrected chi connectivity index (χ3v) is 2.88. The fourth-order valence-corrected chi connectivity index (χ4v) is 1.74. The van der Waals surface area contributed by atoms with E-state index in [2.05, 4.69) is 10.3 Å². The lowest BCUT2D eigenvalue weighted by Crippen LogP contribution is -2.02. The van der Waals surface area contributed by atoms with Crippen molar-refractivity contribution in [1.82, 2.24) is 4.98 Å². The molecular formula is C14H12ClN3O. The van der Waals surface area contributed by atoms with Crippen molar-refractivity contribution in [3.63, 3.8) is 0 Å². The number of nitriles is 1. The van der Waals surface area contributed by atoms with E-state index in [0.717, 1.165) is 11.4 Å². The maximum absolute atomic E-state index is 8.91. The number of aromatic nitrogens is 1. The number of hydrogen-bond acceptors (Lipinski definition) is 4. The van der Waals surface area contributed by atoms with Crippen LogP contribution in [-0.4, -0.2) is 12.1 Å². The smallest absolute Gasteiger partial charge is 0.213 e. The third kappa shape index (κ3) is 3.36. The molecule has 2 aromatic rings. The first-order valence-electron chi connectivity index (χ1n) is 5.66. The summed E-state index contributed by atoms with van der Waals surface area (Å²) < 4.78 is 5.06. The van der Waals surface area contributed by atoms with Gasteiger partial charge in [-0.2, -0.15) is 5.26 Å². The molecule has 0 radical (unpaired) electrons. The molecule has 0 spiro atoms. The molecule has 0 saturated heterocycles. The van der Waals surface area contributed by atoms with Crippen LogP contribution in [0.2, 0.25) is 5.02 Å². The monoisotopic (exact) mass is 273 g/mol. The zero-order chi connectivity index (χ0) is 13.7. The molecule has 4 nitrogen and oxygen atoms in total. The van der Waals surface area contributed by atoms with Gasteiger partial charge in [-0.3, -0.25) is 0 Å². The van der Waals surface area contributed by atoms with E-state index in [4.69, 9.17) is 21.6 Å². The summed E-state index contributed by atoms with van der Waals surface area (Å²) in [4.78, 5) is 4.29. The highest BCUT2D eigenvalue weighted by atomic mass is 35.5. The number of pyridine rings is 1. The van der Waals surface area contributed by atoms with Crippen LogP contribution >= 0.6 is 11.6 Å². The maximum Gasteiger partial charge on any atom is 0.213 e. The van der Waals surface area contributed by atoms with Gasteiger partial charge in [0.05, 0.1) is 29.9 Å². The van der Waals surface area contributed by atoms with Crippen molar-refractivity contribution < 1.29 is 4.74 Å². The Labute approximate surface area is 116 Å². The lowest BCUT2D eigenvalue weighted by atomic mass is 10.2. The van der Waals surface area contributed by atoms with Crippen LogP contribution in [0, 0.1) is 11.3 Å². The van der Waals surface area contributed by atoms with Crippen molar-refractivity contribution in [2.24, 2.45) is 0 Å². The molecule has 0 bridgehead atoms. The highest BCUT2D eigenvalue weighted by Gasteiger charge is 2.02. The van der Waals surface area contributed by atoms with Crippen molar-refractivity contribution in [3.8, 4) is 11.9 Å². The largest absolute Gasteiger partial charge is 0.481 e. The Morgan fingerprint density at radius 2 is 2.21 bits per heavy atom. The van der Waals surface area contributed by atoms with Crippen LogP contribution in [0.1, 0.15) is 11.3 Å². The topological polar surface area (TPSA) is 57.9 Å². The van der Waals surface area contributed by atoms with E-state index in [1.54, 1.807) is 25.3 Å². The number of ether oxygens (including phenoxy) is 1. The second-order valence-corrected chi connectivity index (χ2v) is 4.24. The van der Waals surface area contributed by atoms with Gasteiger partial charge in [-0.15, -0.1) is 0 Å². The molecule has 1 heterocycles. The predicted octanol–water partition coefficient (Wildman–Crippen LogP) is 3.23. The number of anilines is 1. The Kier molecular flexibility index (Phi) is 4.22. The summed E-state index contributed by atoms with van der Waals surface area (Å²) >= 11 is 5.87. The molecule has 0 aliphatic rings. The molecule has 0 aliphatic carbocycles. The lowest BCUT2D eigenvalue weighted by Gasteiger charge is -2.07. The van der Waals surface area contributed by atoms with E-state index in [9.17, 15) is 0 Å². The number of benzene rings is 1. The van der Waals surface area contributed by atoms with E-state index in [-0.39, 0.29) is 0 Å². The van der Waals surface area contributed by atoms with Gasteiger partial charge in [0.25, 0.3) is 0 Å². The molecule has 2 rings (SSSR count). The standard InChI is InChI=1S/C14H12ClN3O/c1-19-14-4-2-3-12(18-14)9-17-11-5-6-13(15)10(7-11)8-16/h2-7,17H,9H2,1H3. The summed E-state index contributed by atoms with van der Waals surface area (Å²) in [6.45, 7) is 0.545. The Bertz CT molecular complexity index is 622. The fourth-order valence-electron chi connectivity index (χ4n) is 1.58. The average Bonchev–Trinajstić information content (AvgIpc) is 2.46. The zero-order valence-corrected chi connectivity index (χ0v) is 11.1. The number of rotatable bonds is 4. The first-order chi connectivity index (χ1) is 9.22. The van der Waals surface area contributed by atoms with Crippen LogP contribution in [0.15, 0.2) is 36.4 Å². The van der Waals surface area contributed by atoms with E-state index in [1.807, 2.05) is 24.3 Å². The van der Waals surface area contributed by atoms with Crippen molar-refractivity contribution in [2.45, 2.75) is 6.54 Å². The Balaban J connectivity index is 2.08. The van der Waals surface area contributed by atoms with Crippen LogP contribution in [-0.2, 0) is 6.54 Å². The van der Waals surface area contributed by atoms with Gasteiger partial charge < -0.3 is 10.1 Å². The number of hydrogen-bond donors (Lipinski definition) is 1. The van der Waals surface area contributed by atoms with Gasteiger partial charge in [-0.25, -0.2) is 4.98 Å². The predicted molar refractivity (Wildman–Crippen MR) is 74.3 cm³/mol. The second-order valence-electron chi connectivity index (χ2n) is 3.83. The fraction of sp³-hybridized carbons (Fsp3) is 0.143. The molecule has 1 aromatic carbocycles. The summed E-state index contributed by atoms with van der Waals surface area (Å²) in [7, 11) is 1.58. The molecule has 0 fully saturated rings. The summed E-state index contributed by atoms with van der Waals surface area (Å²) in [5.74, 6) is 0.577. The van der Waals surface area contributed by atoms with E-state index in [1.165, 1.54) is 0 Å². The maximum atomic E-state index is 8.91. The molecule has 1 aromatic heterocycles. The van der Waals surface area contributed by atoms with Gasteiger partial charge in [-0.1, -0.05) is 17.7 Å². The zero-order valence-electron chi connectivity index (χ0n) is 10.4. The molecule has 0 amide bonds. The van der Waals surface area contributed by atoms with Crippen LogP contribution in [0.4, 0.5) is 5.69 Å². The first kappa shape index (κ1) is 13.2. The third-order valence-electron chi connectivity index (χ3n) is 2.55. The minimum Gasteiger partial charge on any atom is -0.481 e. The number of halogens is 1. The average molecular weight is 274 g/mol.